The Morgan fingerprint density at radius 3 is 2.56 bits per heavy atom. The topological polar surface area (TPSA) is 78.9 Å². The number of nitrogens with zero attached hydrogens (tertiary/aromatic N) is 3. The number of aromatic nitrogens is 2. The maximum Gasteiger partial charge on any atom is 0.142 e. The minimum Gasteiger partial charge on any atom is -0.387 e. The SMILES string of the molecule is N=C(N)C1CCN(Cc2ncccn2)CC1. The van der Waals surface area contributed by atoms with Crippen molar-refractivity contribution in [1.29, 1.82) is 5.41 Å². The quantitative estimate of drug-likeness (QED) is 0.577. The predicted octanol–water partition coefficient (Wildman–Crippen LogP) is 0.625. The van der Waals surface area contributed by atoms with Crippen molar-refractivity contribution >= 4 is 5.84 Å². The predicted molar refractivity (Wildman–Crippen MR) is 61.9 cm³/mol. The van der Waals surface area contributed by atoms with Crippen LogP contribution in [0.25, 0.3) is 0 Å². The molecule has 0 saturated carbocycles. The fourth-order valence-corrected chi connectivity index (χ4v) is 2.01. The second-order valence-electron chi connectivity index (χ2n) is 4.17. The summed E-state index contributed by atoms with van der Waals surface area (Å²) in [5.41, 5.74) is 5.51. The van der Waals surface area contributed by atoms with Gasteiger partial charge in [-0.2, -0.15) is 0 Å². The van der Waals surface area contributed by atoms with Gasteiger partial charge in [-0.1, -0.05) is 0 Å². The van der Waals surface area contributed by atoms with Crippen molar-refractivity contribution in [2.45, 2.75) is 19.4 Å². The van der Waals surface area contributed by atoms with Crippen molar-refractivity contribution in [2.75, 3.05) is 13.1 Å². The summed E-state index contributed by atoms with van der Waals surface area (Å²) in [6.07, 6.45) is 5.49. The molecule has 1 saturated heterocycles. The standard InChI is InChI=1S/C11H17N5/c12-11(13)9-2-6-16(7-3-9)8-10-14-4-1-5-15-10/h1,4-5,9H,2-3,6-8H2,(H3,12,13). The molecule has 1 aromatic rings. The van der Waals surface area contributed by atoms with Gasteiger partial charge < -0.3 is 5.73 Å². The molecule has 0 aliphatic carbocycles. The van der Waals surface area contributed by atoms with Crippen LogP contribution in [0.1, 0.15) is 18.7 Å². The van der Waals surface area contributed by atoms with Gasteiger partial charge in [-0.3, -0.25) is 10.3 Å². The summed E-state index contributed by atoms with van der Waals surface area (Å²) in [7, 11) is 0. The van der Waals surface area contributed by atoms with Gasteiger partial charge in [-0.15, -0.1) is 0 Å². The molecule has 0 spiro atoms. The number of piperidine rings is 1. The third-order valence-electron chi connectivity index (χ3n) is 3.01. The van der Waals surface area contributed by atoms with Crippen LogP contribution in [0.5, 0.6) is 0 Å². The van der Waals surface area contributed by atoms with Crippen molar-refractivity contribution in [2.24, 2.45) is 11.7 Å². The fourth-order valence-electron chi connectivity index (χ4n) is 2.01. The summed E-state index contributed by atoms with van der Waals surface area (Å²) in [5.74, 6) is 1.47. The maximum atomic E-state index is 7.41. The zero-order chi connectivity index (χ0) is 11.4. The summed E-state index contributed by atoms with van der Waals surface area (Å²) >= 11 is 0. The van der Waals surface area contributed by atoms with E-state index in [1.807, 2.05) is 6.07 Å². The van der Waals surface area contributed by atoms with Crippen LogP contribution in [0.2, 0.25) is 0 Å². The van der Waals surface area contributed by atoms with E-state index in [0.29, 0.717) is 5.84 Å². The Balaban J connectivity index is 1.84. The van der Waals surface area contributed by atoms with Gasteiger partial charge in [0.05, 0.1) is 12.4 Å². The normalized spacial score (nSPS) is 18.5. The summed E-state index contributed by atoms with van der Waals surface area (Å²) < 4.78 is 0. The van der Waals surface area contributed by atoms with Gasteiger partial charge in [-0.25, -0.2) is 9.97 Å². The van der Waals surface area contributed by atoms with Crippen molar-refractivity contribution in [3.05, 3.63) is 24.3 Å². The third-order valence-corrected chi connectivity index (χ3v) is 3.01. The molecule has 1 fully saturated rings. The molecule has 1 aliphatic heterocycles. The Hall–Kier alpha value is -1.49. The van der Waals surface area contributed by atoms with Crippen LogP contribution >= 0.6 is 0 Å². The van der Waals surface area contributed by atoms with Crippen molar-refractivity contribution in [3.8, 4) is 0 Å². The van der Waals surface area contributed by atoms with E-state index in [2.05, 4.69) is 14.9 Å². The highest BCUT2D eigenvalue weighted by Crippen LogP contribution is 2.17. The highest BCUT2D eigenvalue weighted by atomic mass is 15.1. The summed E-state index contributed by atoms with van der Waals surface area (Å²) in [5, 5.41) is 7.41. The Labute approximate surface area is 95.2 Å². The highest BCUT2D eigenvalue weighted by Gasteiger charge is 2.21. The zero-order valence-corrected chi connectivity index (χ0v) is 9.26. The molecule has 0 bridgehead atoms. The van der Waals surface area contributed by atoms with Gasteiger partial charge in [0.15, 0.2) is 0 Å². The molecule has 0 amide bonds. The van der Waals surface area contributed by atoms with E-state index in [0.717, 1.165) is 38.3 Å². The number of nitrogens with one attached hydrogen (secondary N) is 1. The van der Waals surface area contributed by atoms with Gasteiger partial charge in [0.2, 0.25) is 0 Å². The minimum atomic E-state index is 0.271. The molecule has 1 aliphatic rings. The van der Waals surface area contributed by atoms with E-state index in [1.165, 1.54) is 0 Å². The molecule has 86 valence electrons. The van der Waals surface area contributed by atoms with Crippen LogP contribution in [-0.2, 0) is 6.54 Å². The van der Waals surface area contributed by atoms with Crippen molar-refractivity contribution < 1.29 is 0 Å². The lowest BCUT2D eigenvalue weighted by atomic mass is 9.96. The molecule has 3 N–H and O–H groups in total. The van der Waals surface area contributed by atoms with Gasteiger partial charge >= 0.3 is 0 Å². The molecule has 5 heteroatoms. The number of likely N-dealkylation sites (tertiary alicyclic amines) is 1. The number of hydrogen-bond donors (Lipinski definition) is 2. The first-order valence-electron chi connectivity index (χ1n) is 5.58. The van der Waals surface area contributed by atoms with Gasteiger partial charge in [0.1, 0.15) is 5.82 Å². The Morgan fingerprint density at radius 1 is 1.38 bits per heavy atom. The van der Waals surface area contributed by atoms with E-state index in [4.69, 9.17) is 11.1 Å². The van der Waals surface area contributed by atoms with E-state index in [-0.39, 0.29) is 5.92 Å². The van der Waals surface area contributed by atoms with Crippen LogP contribution in [0.4, 0.5) is 0 Å². The van der Waals surface area contributed by atoms with Crippen LogP contribution in [0.15, 0.2) is 18.5 Å². The number of nitrogens with two attached hydrogens (primary N) is 1. The van der Waals surface area contributed by atoms with E-state index < -0.39 is 0 Å². The summed E-state index contributed by atoms with van der Waals surface area (Å²) in [6, 6.07) is 1.82. The van der Waals surface area contributed by atoms with Crippen LogP contribution < -0.4 is 5.73 Å². The Kier molecular flexibility index (Phi) is 3.46. The lowest BCUT2D eigenvalue weighted by Gasteiger charge is -2.30. The molecule has 0 aromatic carbocycles. The monoisotopic (exact) mass is 219 g/mol. The Bertz CT molecular complexity index is 343. The summed E-state index contributed by atoms with van der Waals surface area (Å²) in [6.45, 7) is 2.75. The molecule has 2 heterocycles. The van der Waals surface area contributed by atoms with Gasteiger partial charge in [-0.05, 0) is 32.0 Å². The number of rotatable bonds is 3. The van der Waals surface area contributed by atoms with E-state index in [9.17, 15) is 0 Å². The van der Waals surface area contributed by atoms with Crippen LogP contribution in [-0.4, -0.2) is 33.8 Å². The first kappa shape index (κ1) is 11.0. The van der Waals surface area contributed by atoms with E-state index >= 15 is 0 Å². The maximum absolute atomic E-state index is 7.41. The molecule has 0 unspecified atom stereocenters. The smallest absolute Gasteiger partial charge is 0.142 e. The molecule has 1 aromatic heterocycles. The second kappa shape index (κ2) is 5.03. The summed E-state index contributed by atoms with van der Waals surface area (Å²) in [4.78, 5) is 10.7. The second-order valence-corrected chi connectivity index (χ2v) is 4.17. The first-order chi connectivity index (χ1) is 7.75. The molecule has 0 atom stereocenters. The Morgan fingerprint density at radius 2 is 2.00 bits per heavy atom. The van der Waals surface area contributed by atoms with Gasteiger partial charge in [0.25, 0.3) is 0 Å². The van der Waals surface area contributed by atoms with Crippen LogP contribution in [0, 0.1) is 11.3 Å². The fraction of sp³-hybridized carbons (Fsp3) is 0.545. The van der Waals surface area contributed by atoms with Crippen LogP contribution in [0.3, 0.4) is 0 Å². The van der Waals surface area contributed by atoms with Crippen molar-refractivity contribution in [1.82, 2.24) is 14.9 Å². The molecule has 2 rings (SSSR count). The molecule has 16 heavy (non-hydrogen) atoms. The lowest BCUT2D eigenvalue weighted by Crippen LogP contribution is -2.38. The number of amidine groups is 1. The lowest BCUT2D eigenvalue weighted by molar-refractivity contribution is 0.197. The first-order valence-corrected chi connectivity index (χ1v) is 5.58. The molecule has 0 radical (unpaired) electrons. The largest absolute Gasteiger partial charge is 0.387 e. The highest BCUT2D eigenvalue weighted by molar-refractivity contribution is 5.79. The molecular formula is C11H17N5. The molecular weight excluding hydrogens is 202 g/mol. The minimum absolute atomic E-state index is 0.271. The van der Waals surface area contributed by atoms with Gasteiger partial charge in [0, 0.05) is 18.3 Å². The number of hydrogen-bond acceptors (Lipinski definition) is 4. The third kappa shape index (κ3) is 2.76. The molecule has 5 nitrogen and oxygen atoms in total. The average Bonchev–Trinajstić information content (AvgIpc) is 2.31. The zero-order valence-electron chi connectivity index (χ0n) is 9.26. The average molecular weight is 219 g/mol. The van der Waals surface area contributed by atoms with E-state index in [1.54, 1.807) is 12.4 Å². The van der Waals surface area contributed by atoms with Crippen molar-refractivity contribution in [3.63, 3.8) is 0 Å².